The number of benzene rings is 1. The summed E-state index contributed by atoms with van der Waals surface area (Å²) in [5.41, 5.74) is 1.97. The molecule has 1 amide bonds. The van der Waals surface area contributed by atoms with Gasteiger partial charge in [0.15, 0.2) is 0 Å². The second-order valence-corrected chi connectivity index (χ2v) is 6.57. The second kappa shape index (κ2) is 6.67. The number of halogens is 1. The average Bonchev–Trinajstić information content (AvgIpc) is 3.01. The molecule has 1 aliphatic rings. The third-order valence-corrected chi connectivity index (χ3v) is 4.85. The highest BCUT2D eigenvalue weighted by Gasteiger charge is 2.24. The van der Waals surface area contributed by atoms with Gasteiger partial charge < -0.3 is 5.32 Å². The van der Waals surface area contributed by atoms with E-state index < -0.39 is 0 Å². The predicted molar refractivity (Wildman–Crippen MR) is 95.8 cm³/mol. The lowest BCUT2D eigenvalue weighted by atomic mass is 9.88. The minimum absolute atomic E-state index is 0.0306. The molecule has 1 N–H and O–H groups in total. The van der Waals surface area contributed by atoms with Crippen LogP contribution in [0.25, 0.3) is 16.9 Å². The van der Waals surface area contributed by atoms with Gasteiger partial charge in [0.1, 0.15) is 23.0 Å². The molecule has 0 saturated heterocycles. The molecule has 5 heteroatoms. The van der Waals surface area contributed by atoms with E-state index in [0.717, 1.165) is 31.3 Å². The first kappa shape index (κ1) is 15.8. The summed E-state index contributed by atoms with van der Waals surface area (Å²) in [5, 5.41) is 3.06. The lowest BCUT2D eigenvalue weighted by Crippen LogP contribution is -2.25. The van der Waals surface area contributed by atoms with Crippen LogP contribution in [0.1, 0.15) is 32.1 Å². The van der Waals surface area contributed by atoms with Crippen molar-refractivity contribution in [2.24, 2.45) is 5.92 Å². The Kier molecular flexibility index (Phi) is 4.22. The van der Waals surface area contributed by atoms with E-state index in [1.165, 1.54) is 18.6 Å². The smallest absolute Gasteiger partial charge is 0.228 e. The minimum atomic E-state index is -0.320. The van der Waals surface area contributed by atoms with Gasteiger partial charge in [0.05, 0.1) is 0 Å². The number of carbonyl (C=O) groups is 1. The van der Waals surface area contributed by atoms with Gasteiger partial charge in [0.2, 0.25) is 5.91 Å². The molecule has 3 aromatic rings. The van der Waals surface area contributed by atoms with Crippen LogP contribution < -0.4 is 5.32 Å². The highest BCUT2D eigenvalue weighted by Crippen LogP contribution is 2.31. The van der Waals surface area contributed by atoms with Crippen molar-refractivity contribution in [3.63, 3.8) is 0 Å². The van der Waals surface area contributed by atoms with E-state index in [-0.39, 0.29) is 17.6 Å². The highest BCUT2D eigenvalue weighted by molar-refractivity contribution is 5.96. The Hall–Kier alpha value is -2.69. The Morgan fingerprint density at radius 2 is 1.96 bits per heavy atom. The lowest BCUT2D eigenvalue weighted by Gasteiger charge is -2.21. The number of rotatable bonds is 3. The predicted octanol–water partition coefficient (Wildman–Crippen LogP) is 4.66. The fraction of sp³-hybridized carbons (Fsp3) is 0.300. The first-order chi connectivity index (χ1) is 12.2. The highest BCUT2D eigenvalue weighted by atomic mass is 19.1. The summed E-state index contributed by atoms with van der Waals surface area (Å²) < 4.78 is 15.5. The minimum Gasteiger partial charge on any atom is -0.310 e. The Balaban J connectivity index is 1.75. The van der Waals surface area contributed by atoms with Crippen LogP contribution in [0.4, 0.5) is 10.2 Å². The molecule has 2 aromatic heterocycles. The SMILES string of the molecule is O=C(Nc1c(-c2cccc(F)c2)nc2ccccn12)C1CCCCC1. The number of hydrogen-bond donors (Lipinski definition) is 1. The number of aromatic nitrogens is 2. The van der Waals surface area contributed by atoms with Crippen LogP contribution in [-0.2, 0) is 4.79 Å². The quantitative estimate of drug-likeness (QED) is 0.755. The number of nitrogens with one attached hydrogen (secondary N) is 1. The number of amides is 1. The number of imidazole rings is 1. The molecule has 1 fully saturated rings. The van der Waals surface area contributed by atoms with Crippen molar-refractivity contribution in [2.75, 3.05) is 5.32 Å². The van der Waals surface area contributed by atoms with Crippen molar-refractivity contribution in [3.05, 3.63) is 54.5 Å². The molecule has 2 heterocycles. The van der Waals surface area contributed by atoms with Gasteiger partial charge in [0.25, 0.3) is 0 Å². The number of carbonyl (C=O) groups excluding carboxylic acids is 1. The zero-order chi connectivity index (χ0) is 17.2. The second-order valence-electron chi connectivity index (χ2n) is 6.57. The standard InChI is InChI=1S/C20H20FN3O/c21-16-10-6-9-15(13-16)18-19(24-12-5-4-11-17(24)22-18)23-20(25)14-7-2-1-3-8-14/h4-6,9-14H,1-3,7-8H2,(H,23,25). The molecule has 25 heavy (non-hydrogen) atoms. The maximum absolute atomic E-state index is 13.7. The fourth-order valence-electron chi connectivity index (χ4n) is 3.54. The maximum atomic E-state index is 13.7. The molecule has 1 saturated carbocycles. The van der Waals surface area contributed by atoms with E-state index >= 15 is 0 Å². The average molecular weight is 337 g/mol. The van der Waals surface area contributed by atoms with Gasteiger partial charge >= 0.3 is 0 Å². The van der Waals surface area contributed by atoms with Crippen LogP contribution in [0.15, 0.2) is 48.7 Å². The van der Waals surface area contributed by atoms with Crippen LogP contribution in [0.3, 0.4) is 0 Å². The molecular formula is C20H20FN3O. The van der Waals surface area contributed by atoms with Crippen LogP contribution in [0.5, 0.6) is 0 Å². The van der Waals surface area contributed by atoms with Crippen molar-refractivity contribution in [2.45, 2.75) is 32.1 Å². The Bertz CT molecular complexity index is 912. The first-order valence-electron chi connectivity index (χ1n) is 8.76. The van der Waals surface area contributed by atoms with Gasteiger partial charge in [0, 0.05) is 17.7 Å². The Morgan fingerprint density at radius 1 is 1.12 bits per heavy atom. The van der Waals surface area contributed by atoms with Gasteiger partial charge in [-0.15, -0.1) is 0 Å². The summed E-state index contributed by atoms with van der Waals surface area (Å²) in [6, 6.07) is 12.0. The van der Waals surface area contributed by atoms with Crippen molar-refractivity contribution in [1.82, 2.24) is 9.38 Å². The molecule has 0 bridgehead atoms. The summed E-state index contributed by atoms with van der Waals surface area (Å²) >= 11 is 0. The van der Waals surface area contributed by atoms with E-state index in [4.69, 9.17) is 0 Å². The third kappa shape index (κ3) is 3.14. The number of pyridine rings is 1. The molecule has 0 unspecified atom stereocenters. The number of fused-ring (bicyclic) bond motifs is 1. The number of anilines is 1. The zero-order valence-electron chi connectivity index (χ0n) is 13.9. The van der Waals surface area contributed by atoms with Gasteiger partial charge in [-0.2, -0.15) is 0 Å². The molecule has 128 valence electrons. The summed E-state index contributed by atoms with van der Waals surface area (Å²) in [6.45, 7) is 0. The van der Waals surface area contributed by atoms with Crippen LogP contribution in [0.2, 0.25) is 0 Å². The maximum Gasteiger partial charge on any atom is 0.228 e. The lowest BCUT2D eigenvalue weighted by molar-refractivity contribution is -0.120. The summed E-state index contributed by atoms with van der Waals surface area (Å²) in [5.74, 6) is 0.363. The van der Waals surface area contributed by atoms with Gasteiger partial charge in [-0.05, 0) is 37.1 Å². The van der Waals surface area contributed by atoms with Crippen LogP contribution in [-0.4, -0.2) is 15.3 Å². The molecule has 0 spiro atoms. The third-order valence-electron chi connectivity index (χ3n) is 4.85. The molecule has 1 aromatic carbocycles. The first-order valence-corrected chi connectivity index (χ1v) is 8.76. The van der Waals surface area contributed by atoms with E-state index in [1.807, 2.05) is 28.8 Å². The summed E-state index contributed by atoms with van der Waals surface area (Å²) in [4.78, 5) is 17.3. The molecule has 1 aliphatic carbocycles. The summed E-state index contributed by atoms with van der Waals surface area (Å²) in [7, 11) is 0. The molecular weight excluding hydrogens is 317 g/mol. The Labute approximate surface area is 145 Å². The molecule has 4 rings (SSSR count). The molecule has 0 aliphatic heterocycles. The summed E-state index contributed by atoms with van der Waals surface area (Å²) in [6.07, 6.45) is 7.12. The van der Waals surface area contributed by atoms with Crippen LogP contribution in [0, 0.1) is 11.7 Å². The van der Waals surface area contributed by atoms with Crippen molar-refractivity contribution in [3.8, 4) is 11.3 Å². The van der Waals surface area contributed by atoms with Crippen molar-refractivity contribution >= 4 is 17.4 Å². The van der Waals surface area contributed by atoms with Gasteiger partial charge in [-0.1, -0.05) is 37.5 Å². The zero-order valence-corrected chi connectivity index (χ0v) is 13.9. The fourth-order valence-corrected chi connectivity index (χ4v) is 3.54. The van der Waals surface area contributed by atoms with Crippen molar-refractivity contribution in [1.29, 1.82) is 0 Å². The van der Waals surface area contributed by atoms with E-state index in [9.17, 15) is 9.18 Å². The number of nitrogens with zero attached hydrogens (tertiary/aromatic N) is 2. The molecule has 0 atom stereocenters. The van der Waals surface area contributed by atoms with E-state index in [2.05, 4.69) is 10.3 Å². The topological polar surface area (TPSA) is 46.4 Å². The molecule has 4 nitrogen and oxygen atoms in total. The van der Waals surface area contributed by atoms with Crippen molar-refractivity contribution < 1.29 is 9.18 Å². The number of hydrogen-bond acceptors (Lipinski definition) is 2. The van der Waals surface area contributed by atoms with E-state index in [0.29, 0.717) is 17.1 Å². The van der Waals surface area contributed by atoms with Gasteiger partial charge in [-0.3, -0.25) is 9.20 Å². The van der Waals surface area contributed by atoms with E-state index in [1.54, 1.807) is 12.1 Å². The normalized spacial score (nSPS) is 15.4. The monoisotopic (exact) mass is 337 g/mol. The van der Waals surface area contributed by atoms with Gasteiger partial charge in [-0.25, -0.2) is 9.37 Å². The largest absolute Gasteiger partial charge is 0.310 e. The van der Waals surface area contributed by atoms with Crippen LogP contribution >= 0.6 is 0 Å². The Morgan fingerprint density at radius 3 is 2.76 bits per heavy atom. The molecule has 0 radical (unpaired) electrons.